The summed E-state index contributed by atoms with van der Waals surface area (Å²) in [5.41, 5.74) is 0.993. The number of rotatable bonds is 4. The number of phenols is 1. The van der Waals surface area contributed by atoms with Gasteiger partial charge in [0.1, 0.15) is 17.2 Å². The lowest BCUT2D eigenvalue weighted by Gasteiger charge is -2.08. The van der Waals surface area contributed by atoms with Crippen LogP contribution in [0.25, 0.3) is 0 Å². The number of carbonyl (C=O) groups is 1. The van der Waals surface area contributed by atoms with Crippen LogP contribution in [-0.4, -0.2) is 11.0 Å². The zero-order valence-corrected chi connectivity index (χ0v) is 13.3. The number of amides is 1. The number of aromatic hydroxyl groups is 1. The van der Waals surface area contributed by atoms with E-state index in [2.05, 4.69) is 5.32 Å². The standard InChI is InChI=1S/C19H14ClNO3/c20-17-12-14(8-11-18(17)22)21-19(23)13-6-9-16(10-7-13)24-15-4-2-1-3-5-15/h1-12,22H,(H,21,23). The molecule has 1 amide bonds. The number of benzene rings is 3. The van der Waals surface area contributed by atoms with Crippen molar-refractivity contribution < 1.29 is 14.6 Å². The first-order valence-corrected chi connectivity index (χ1v) is 7.62. The molecule has 0 bridgehead atoms. The molecule has 0 fully saturated rings. The first-order valence-electron chi connectivity index (χ1n) is 7.25. The highest BCUT2D eigenvalue weighted by atomic mass is 35.5. The van der Waals surface area contributed by atoms with E-state index in [-0.39, 0.29) is 16.7 Å². The number of para-hydroxylation sites is 1. The molecule has 0 aliphatic heterocycles. The topological polar surface area (TPSA) is 58.6 Å². The van der Waals surface area contributed by atoms with E-state index >= 15 is 0 Å². The second-order valence-electron chi connectivity index (χ2n) is 5.06. The van der Waals surface area contributed by atoms with Gasteiger partial charge in [-0.25, -0.2) is 0 Å². The van der Waals surface area contributed by atoms with Crippen molar-refractivity contribution in [3.05, 3.63) is 83.4 Å². The van der Waals surface area contributed by atoms with Gasteiger partial charge in [0, 0.05) is 11.3 Å². The highest BCUT2D eigenvalue weighted by Gasteiger charge is 2.08. The zero-order valence-electron chi connectivity index (χ0n) is 12.6. The van der Waals surface area contributed by atoms with Gasteiger partial charge in [0.05, 0.1) is 5.02 Å². The van der Waals surface area contributed by atoms with Crippen molar-refractivity contribution >= 4 is 23.2 Å². The van der Waals surface area contributed by atoms with Gasteiger partial charge in [-0.3, -0.25) is 4.79 Å². The summed E-state index contributed by atoms with van der Waals surface area (Å²) in [6.07, 6.45) is 0. The van der Waals surface area contributed by atoms with Crippen LogP contribution in [0.3, 0.4) is 0 Å². The fourth-order valence-electron chi connectivity index (χ4n) is 2.09. The van der Waals surface area contributed by atoms with Crippen LogP contribution in [-0.2, 0) is 0 Å². The molecule has 3 rings (SSSR count). The maximum Gasteiger partial charge on any atom is 0.255 e. The van der Waals surface area contributed by atoms with E-state index in [1.807, 2.05) is 30.3 Å². The fourth-order valence-corrected chi connectivity index (χ4v) is 2.27. The normalized spacial score (nSPS) is 10.2. The Hall–Kier alpha value is -2.98. The van der Waals surface area contributed by atoms with Crippen molar-refractivity contribution in [1.82, 2.24) is 0 Å². The highest BCUT2D eigenvalue weighted by molar-refractivity contribution is 6.32. The molecular formula is C19H14ClNO3. The Morgan fingerprint density at radius 3 is 2.25 bits per heavy atom. The number of ether oxygens (including phenoxy) is 1. The lowest BCUT2D eigenvalue weighted by atomic mass is 10.2. The van der Waals surface area contributed by atoms with Crippen molar-refractivity contribution in [2.75, 3.05) is 5.32 Å². The van der Waals surface area contributed by atoms with Gasteiger partial charge in [-0.05, 0) is 54.6 Å². The summed E-state index contributed by atoms with van der Waals surface area (Å²) >= 11 is 5.82. The van der Waals surface area contributed by atoms with Crippen LogP contribution in [0.4, 0.5) is 5.69 Å². The first-order chi connectivity index (χ1) is 11.6. The molecule has 2 N–H and O–H groups in total. The van der Waals surface area contributed by atoms with Gasteiger partial charge >= 0.3 is 0 Å². The fraction of sp³-hybridized carbons (Fsp3) is 0. The zero-order chi connectivity index (χ0) is 16.9. The third kappa shape index (κ3) is 3.86. The van der Waals surface area contributed by atoms with Gasteiger partial charge in [-0.2, -0.15) is 0 Å². The lowest BCUT2D eigenvalue weighted by molar-refractivity contribution is 0.102. The van der Waals surface area contributed by atoms with Crippen LogP contribution >= 0.6 is 11.6 Å². The molecule has 0 spiro atoms. The van der Waals surface area contributed by atoms with Crippen molar-refractivity contribution in [2.45, 2.75) is 0 Å². The van der Waals surface area contributed by atoms with Crippen LogP contribution in [0.2, 0.25) is 5.02 Å². The number of halogens is 1. The highest BCUT2D eigenvalue weighted by Crippen LogP contribution is 2.26. The van der Waals surface area contributed by atoms with Crippen LogP contribution in [0.5, 0.6) is 17.2 Å². The van der Waals surface area contributed by atoms with Gasteiger partial charge in [-0.15, -0.1) is 0 Å². The number of hydrogen-bond acceptors (Lipinski definition) is 3. The van der Waals surface area contributed by atoms with Gasteiger partial charge < -0.3 is 15.2 Å². The molecule has 0 aromatic heterocycles. The lowest BCUT2D eigenvalue weighted by Crippen LogP contribution is -2.11. The minimum absolute atomic E-state index is 0.0305. The summed E-state index contributed by atoms with van der Waals surface area (Å²) in [4.78, 5) is 12.2. The average Bonchev–Trinajstić information content (AvgIpc) is 2.60. The molecule has 0 aliphatic carbocycles. The second kappa shape index (κ2) is 7.06. The summed E-state index contributed by atoms with van der Waals surface area (Å²) in [5, 5.41) is 12.3. The largest absolute Gasteiger partial charge is 0.506 e. The molecule has 24 heavy (non-hydrogen) atoms. The molecule has 3 aromatic carbocycles. The average molecular weight is 340 g/mol. The van der Waals surface area contributed by atoms with Gasteiger partial charge in [0.2, 0.25) is 0 Å². The number of nitrogens with one attached hydrogen (secondary N) is 1. The van der Waals surface area contributed by atoms with E-state index < -0.39 is 0 Å². The van der Waals surface area contributed by atoms with E-state index in [1.54, 1.807) is 30.3 Å². The van der Waals surface area contributed by atoms with E-state index in [4.69, 9.17) is 16.3 Å². The third-order valence-corrected chi connectivity index (χ3v) is 3.60. The molecule has 0 radical (unpaired) electrons. The van der Waals surface area contributed by atoms with Crippen molar-refractivity contribution in [3.8, 4) is 17.2 Å². The summed E-state index contributed by atoms with van der Waals surface area (Å²) in [6.45, 7) is 0. The van der Waals surface area contributed by atoms with Gasteiger partial charge in [-0.1, -0.05) is 29.8 Å². The van der Waals surface area contributed by atoms with E-state index in [1.165, 1.54) is 12.1 Å². The molecule has 0 aliphatic rings. The van der Waals surface area contributed by atoms with Crippen molar-refractivity contribution in [3.63, 3.8) is 0 Å². The monoisotopic (exact) mass is 339 g/mol. The molecule has 0 saturated carbocycles. The molecule has 0 unspecified atom stereocenters. The predicted molar refractivity (Wildman–Crippen MR) is 94.0 cm³/mol. The predicted octanol–water partition coefficient (Wildman–Crippen LogP) is 5.09. The Morgan fingerprint density at radius 2 is 1.58 bits per heavy atom. The molecule has 3 aromatic rings. The minimum atomic E-state index is -0.275. The summed E-state index contributed by atoms with van der Waals surface area (Å²) in [7, 11) is 0. The third-order valence-electron chi connectivity index (χ3n) is 3.30. The maximum atomic E-state index is 12.2. The van der Waals surface area contributed by atoms with E-state index in [9.17, 15) is 9.90 Å². The van der Waals surface area contributed by atoms with Crippen LogP contribution in [0.15, 0.2) is 72.8 Å². The number of hydrogen-bond donors (Lipinski definition) is 2. The Morgan fingerprint density at radius 1 is 0.917 bits per heavy atom. The Bertz CT molecular complexity index is 848. The van der Waals surface area contributed by atoms with E-state index in [0.29, 0.717) is 17.0 Å². The van der Waals surface area contributed by atoms with E-state index in [0.717, 1.165) is 5.75 Å². The SMILES string of the molecule is O=C(Nc1ccc(O)c(Cl)c1)c1ccc(Oc2ccccc2)cc1. The molecular weight excluding hydrogens is 326 g/mol. The Kier molecular flexibility index (Phi) is 4.68. The Balaban J connectivity index is 1.68. The summed E-state index contributed by atoms with van der Waals surface area (Å²) in [6, 6.07) is 20.7. The molecule has 4 nitrogen and oxygen atoms in total. The second-order valence-corrected chi connectivity index (χ2v) is 5.47. The Labute approximate surface area is 144 Å². The molecule has 120 valence electrons. The summed E-state index contributed by atoms with van der Waals surface area (Å²) < 4.78 is 5.68. The number of anilines is 1. The quantitative estimate of drug-likeness (QED) is 0.651. The van der Waals surface area contributed by atoms with Crippen LogP contribution in [0.1, 0.15) is 10.4 Å². The van der Waals surface area contributed by atoms with Crippen LogP contribution < -0.4 is 10.1 Å². The number of phenolic OH excluding ortho intramolecular Hbond substituents is 1. The molecule has 5 heteroatoms. The number of carbonyl (C=O) groups excluding carboxylic acids is 1. The summed E-state index contributed by atoms with van der Waals surface area (Å²) in [5.74, 6) is 1.07. The first kappa shape index (κ1) is 15.9. The maximum absolute atomic E-state index is 12.2. The molecule has 0 heterocycles. The molecule has 0 atom stereocenters. The van der Waals surface area contributed by atoms with Gasteiger partial charge in [0.15, 0.2) is 0 Å². The molecule has 0 saturated heterocycles. The van der Waals surface area contributed by atoms with Crippen LogP contribution in [0, 0.1) is 0 Å². The van der Waals surface area contributed by atoms with Crippen molar-refractivity contribution in [1.29, 1.82) is 0 Å². The minimum Gasteiger partial charge on any atom is -0.506 e. The van der Waals surface area contributed by atoms with Crippen molar-refractivity contribution in [2.24, 2.45) is 0 Å². The smallest absolute Gasteiger partial charge is 0.255 e. The van der Waals surface area contributed by atoms with Gasteiger partial charge in [0.25, 0.3) is 5.91 Å².